The molecule has 0 bridgehead atoms. The van der Waals surface area contributed by atoms with Crippen molar-refractivity contribution in [3.05, 3.63) is 46.2 Å². The topological polar surface area (TPSA) is 24.3 Å². The number of rotatable bonds is 3. The minimum atomic E-state index is -4.31. The molecule has 0 radical (unpaired) electrons. The second-order valence-electron chi connectivity index (χ2n) is 6.29. The van der Waals surface area contributed by atoms with Crippen molar-refractivity contribution >= 4 is 17.3 Å². The average molecular weight is 373 g/mol. The van der Waals surface area contributed by atoms with Crippen LogP contribution in [0.5, 0.6) is 0 Å². The second kappa shape index (κ2) is 6.88. The minimum Gasteiger partial charge on any atom is -0.369 e. The Kier molecular flexibility index (Phi) is 4.97. The molecule has 1 aromatic carbocycles. The highest BCUT2D eigenvalue weighted by atomic mass is 35.5. The van der Waals surface area contributed by atoms with Gasteiger partial charge in [0, 0.05) is 51.0 Å². The molecular weight excluding hydrogens is 353 g/mol. The van der Waals surface area contributed by atoms with Crippen molar-refractivity contribution in [1.29, 1.82) is 0 Å². The number of piperazine rings is 1. The standard InChI is InChI=1S/C17H20ClF3N4/c1-12-15(16(18)23(2)22-12)11-24-6-8-25(9-7-24)14-5-3-4-13(10-14)17(19,20)21/h3-5,10H,6-9,11H2,1-2H3. The molecule has 1 aliphatic heterocycles. The SMILES string of the molecule is Cc1nn(C)c(Cl)c1CN1CCN(c2cccc(C(F)(F)F)c2)CC1. The molecule has 1 aliphatic rings. The Hall–Kier alpha value is -1.73. The first-order valence-corrected chi connectivity index (χ1v) is 8.46. The number of anilines is 1. The molecule has 0 unspecified atom stereocenters. The lowest BCUT2D eigenvalue weighted by Crippen LogP contribution is -2.46. The van der Waals surface area contributed by atoms with E-state index in [1.54, 1.807) is 10.7 Å². The summed E-state index contributed by atoms with van der Waals surface area (Å²) in [6.07, 6.45) is -4.31. The molecule has 25 heavy (non-hydrogen) atoms. The lowest BCUT2D eigenvalue weighted by atomic mass is 10.1. The third-order valence-electron chi connectivity index (χ3n) is 4.56. The molecule has 1 aromatic heterocycles. The first kappa shape index (κ1) is 18.1. The van der Waals surface area contributed by atoms with E-state index in [1.807, 2.05) is 18.9 Å². The highest BCUT2D eigenvalue weighted by molar-refractivity contribution is 6.30. The van der Waals surface area contributed by atoms with E-state index in [4.69, 9.17) is 11.6 Å². The molecule has 8 heteroatoms. The van der Waals surface area contributed by atoms with Crippen LogP contribution in [-0.4, -0.2) is 40.9 Å². The van der Waals surface area contributed by atoms with Gasteiger partial charge in [-0.3, -0.25) is 9.58 Å². The summed E-state index contributed by atoms with van der Waals surface area (Å²) in [6, 6.07) is 5.51. The van der Waals surface area contributed by atoms with E-state index in [9.17, 15) is 13.2 Å². The van der Waals surface area contributed by atoms with Gasteiger partial charge in [-0.2, -0.15) is 18.3 Å². The maximum Gasteiger partial charge on any atom is 0.416 e. The fourth-order valence-corrected chi connectivity index (χ4v) is 3.35. The number of benzene rings is 1. The first-order chi connectivity index (χ1) is 11.8. The van der Waals surface area contributed by atoms with Gasteiger partial charge >= 0.3 is 6.18 Å². The van der Waals surface area contributed by atoms with Crippen LogP contribution in [0.1, 0.15) is 16.8 Å². The van der Waals surface area contributed by atoms with E-state index in [0.717, 1.165) is 30.4 Å². The number of hydrogen-bond acceptors (Lipinski definition) is 3. The van der Waals surface area contributed by atoms with Crippen LogP contribution < -0.4 is 4.90 Å². The van der Waals surface area contributed by atoms with Crippen LogP contribution in [0.4, 0.5) is 18.9 Å². The van der Waals surface area contributed by atoms with Crippen molar-refractivity contribution in [3.63, 3.8) is 0 Å². The smallest absolute Gasteiger partial charge is 0.369 e. The third kappa shape index (κ3) is 3.93. The Morgan fingerprint density at radius 2 is 1.84 bits per heavy atom. The summed E-state index contributed by atoms with van der Waals surface area (Å²) in [5.74, 6) is 0. The lowest BCUT2D eigenvalue weighted by molar-refractivity contribution is -0.137. The molecule has 0 atom stereocenters. The van der Waals surface area contributed by atoms with Crippen LogP contribution in [0.25, 0.3) is 0 Å². The zero-order valence-electron chi connectivity index (χ0n) is 14.1. The van der Waals surface area contributed by atoms with Gasteiger partial charge < -0.3 is 4.90 Å². The summed E-state index contributed by atoms with van der Waals surface area (Å²) in [4.78, 5) is 4.24. The monoisotopic (exact) mass is 372 g/mol. The molecule has 2 heterocycles. The molecule has 0 amide bonds. The summed E-state index contributed by atoms with van der Waals surface area (Å²) in [5.41, 5.74) is 1.93. The second-order valence-corrected chi connectivity index (χ2v) is 6.65. The van der Waals surface area contributed by atoms with E-state index < -0.39 is 11.7 Å². The predicted molar refractivity (Wildman–Crippen MR) is 91.9 cm³/mol. The van der Waals surface area contributed by atoms with Crippen LogP contribution in [0, 0.1) is 6.92 Å². The Morgan fingerprint density at radius 1 is 1.16 bits per heavy atom. The Bertz CT molecular complexity index is 749. The average Bonchev–Trinajstić information content (AvgIpc) is 2.81. The van der Waals surface area contributed by atoms with Crippen molar-refractivity contribution in [2.45, 2.75) is 19.6 Å². The minimum absolute atomic E-state index is 0.606. The Morgan fingerprint density at radius 3 is 2.40 bits per heavy atom. The van der Waals surface area contributed by atoms with Gasteiger partial charge in [0.1, 0.15) is 5.15 Å². The van der Waals surface area contributed by atoms with Gasteiger partial charge in [-0.1, -0.05) is 17.7 Å². The number of nitrogens with zero attached hydrogens (tertiary/aromatic N) is 4. The maximum atomic E-state index is 12.9. The van der Waals surface area contributed by atoms with Crippen molar-refractivity contribution in [1.82, 2.24) is 14.7 Å². The van der Waals surface area contributed by atoms with Gasteiger partial charge in [0.05, 0.1) is 11.3 Å². The number of alkyl halides is 3. The van der Waals surface area contributed by atoms with E-state index in [0.29, 0.717) is 30.5 Å². The van der Waals surface area contributed by atoms with Crippen molar-refractivity contribution in [3.8, 4) is 0 Å². The van der Waals surface area contributed by atoms with Crippen molar-refractivity contribution in [2.75, 3.05) is 31.1 Å². The lowest BCUT2D eigenvalue weighted by Gasteiger charge is -2.36. The maximum absolute atomic E-state index is 12.9. The first-order valence-electron chi connectivity index (χ1n) is 8.08. The van der Waals surface area contributed by atoms with E-state index >= 15 is 0 Å². The van der Waals surface area contributed by atoms with Gasteiger partial charge in [0.2, 0.25) is 0 Å². The quantitative estimate of drug-likeness (QED) is 0.820. The Labute approximate surface area is 149 Å². The summed E-state index contributed by atoms with van der Waals surface area (Å²) < 4.78 is 40.3. The normalized spacial score (nSPS) is 16.5. The zero-order valence-corrected chi connectivity index (χ0v) is 14.9. The van der Waals surface area contributed by atoms with E-state index in [-0.39, 0.29) is 0 Å². The zero-order chi connectivity index (χ0) is 18.2. The van der Waals surface area contributed by atoms with Gasteiger partial charge in [-0.25, -0.2) is 0 Å². The number of aryl methyl sites for hydroxylation is 2. The molecule has 4 nitrogen and oxygen atoms in total. The number of aromatic nitrogens is 2. The fourth-order valence-electron chi connectivity index (χ4n) is 3.12. The number of hydrogen-bond donors (Lipinski definition) is 0. The molecule has 0 aliphatic carbocycles. The third-order valence-corrected chi connectivity index (χ3v) is 5.04. The van der Waals surface area contributed by atoms with E-state index in [2.05, 4.69) is 10.00 Å². The predicted octanol–water partition coefficient (Wildman–Crippen LogP) is 3.72. The fraction of sp³-hybridized carbons (Fsp3) is 0.471. The molecule has 3 rings (SSSR count). The van der Waals surface area contributed by atoms with Crippen molar-refractivity contribution < 1.29 is 13.2 Å². The van der Waals surface area contributed by atoms with Crippen LogP contribution in [0.2, 0.25) is 5.15 Å². The van der Waals surface area contributed by atoms with Crippen LogP contribution in [0.3, 0.4) is 0 Å². The van der Waals surface area contributed by atoms with Gasteiger partial charge in [-0.15, -0.1) is 0 Å². The van der Waals surface area contributed by atoms with Crippen LogP contribution >= 0.6 is 11.6 Å². The molecule has 0 N–H and O–H groups in total. The molecule has 136 valence electrons. The summed E-state index contributed by atoms with van der Waals surface area (Å²) in [7, 11) is 1.81. The molecule has 0 spiro atoms. The highest BCUT2D eigenvalue weighted by Crippen LogP contribution is 2.32. The summed E-state index contributed by atoms with van der Waals surface area (Å²) in [5, 5.41) is 4.95. The van der Waals surface area contributed by atoms with Crippen LogP contribution in [0.15, 0.2) is 24.3 Å². The summed E-state index contributed by atoms with van der Waals surface area (Å²) in [6.45, 7) is 5.52. The van der Waals surface area contributed by atoms with Crippen molar-refractivity contribution in [2.24, 2.45) is 7.05 Å². The Balaban J connectivity index is 1.64. The van der Waals surface area contributed by atoms with Gasteiger partial charge in [0.15, 0.2) is 0 Å². The van der Waals surface area contributed by atoms with Gasteiger partial charge in [-0.05, 0) is 25.1 Å². The molecule has 0 saturated carbocycles. The molecule has 1 fully saturated rings. The summed E-state index contributed by atoms with van der Waals surface area (Å²) >= 11 is 6.27. The highest BCUT2D eigenvalue weighted by Gasteiger charge is 2.31. The van der Waals surface area contributed by atoms with E-state index in [1.165, 1.54) is 12.1 Å². The molecule has 2 aromatic rings. The number of halogens is 4. The van der Waals surface area contributed by atoms with Crippen LogP contribution in [-0.2, 0) is 19.8 Å². The largest absolute Gasteiger partial charge is 0.416 e. The van der Waals surface area contributed by atoms with Gasteiger partial charge in [0.25, 0.3) is 0 Å². The molecular formula is C17H20ClF3N4. The molecule has 1 saturated heterocycles.